The summed E-state index contributed by atoms with van der Waals surface area (Å²) in [7, 11) is 0. The van der Waals surface area contributed by atoms with Crippen LogP contribution in [0, 0.1) is 5.92 Å². The number of aliphatic carboxylic acids is 1. The SMILES string of the molecule is CCNC(=O)c1ccc(N2CCCC(C(=O)O)C2)nc1. The zero-order valence-electron chi connectivity index (χ0n) is 11.5. The molecule has 1 aromatic heterocycles. The lowest BCUT2D eigenvalue weighted by Crippen LogP contribution is -2.39. The predicted octanol–water partition coefficient (Wildman–Crippen LogP) is 1.13. The van der Waals surface area contributed by atoms with E-state index in [1.54, 1.807) is 12.1 Å². The summed E-state index contributed by atoms with van der Waals surface area (Å²) < 4.78 is 0. The van der Waals surface area contributed by atoms with Crippen LogP contribution in [0.2, 0.25) is 0 Å². The first kappa shape index (κ1) is 14.3. The Morgan fingerprint density at radius 3 is 2.90 bits per heavy atom. The number of nitrogens with one attached hydrogen (secondary N) is 1. The summed E-state index contributed by atoms with van der Waals surface area (Å²) >= 11 is 0. The number of aromatic nitrogens is 1. The lowest BCUT2D eigenvalue weighted by molar-refractivity contribution is -0.141. The molecule has 0 spiro atoms. The molecule has 1 aromatic rings. The number of hydrogen-bond donors (Lipinski definition) is 2. The van der Waals surface area contributed by atoms with Crippen LogP contribution in [0.3, 0.4) is 0 Å². The van der Waals surface area contributed by atoms with Gasteiger partial charge in [0.2, 0.25) is 0 Å². The maximum atomic E-state index is 11.6. The van der Waals surface area contributed by atoms with E-state index in [2.05, 4.69) is 10.3 Å². The number of carbonyl (C=O) groups excluding carboxylic acids is 1. The van der Waals surface area contributed by atoms with Gasteiger partial charge in [-0.2, -0.15) is 0 Å². The zero-order valence-corrected chi connectivity index (χ0v) is 11.5. The van der Waals surface area contributed by atoms with Gasteiger partial charge in [-0.1, -0.05) is 0 Å². The third-order valence-corrected chi connectivity index (χ3v) is 3.44. The number of carbonyl (C=O) groups is 2. The lowest BCUT2D eigenvalue weighted by Gasteiger charge is -2.31. The molecule has 1 aliphatic heterocycles. The van der Waals surface area contributed by atoms with Gasteiger partial charge >= 0.3 is 5.97 Å². The summed E-state index contributed by atoms with van der Waals surface area (Å²) in [6, 6.07) is 3.49. The van der Waals surface area contributed by atoms with Crippen LogP contribution in [0.4, 0.5) is 5.82 Å². The second-order valence-electron chi connectivity index (χ2n) is 4.89. The number of rotatable bonds is 4. The number of carboxylic acids is 1. The zero-order chi connectivity index (χ0) is 14.5. The van der Waals surface area contributed by atoms with Gasteiger partial charge in [-0.05, 0) is 31.9 Å². The number of pyridine rings is 1. The molecule has 108 valence electrons. The van der Waals surface area contributed by atoms with Crippen LogP contribution in [0.1, 0.15) is 30.1 Å². The molecule has 1 saturated heterocycles. The van der Waals surface area contributed by atoms with E-state index < -0.39 is 5.97 Å². The Morgan fingerprint density at radius 1 is 1.50 bits per heavy atom. The molecule has 0 aliphatic carbocycles. The largest absolute Gasteiger partial charge is 0.481 e. The molecule has 6 heteroatoms. The third-order valence-electron chi connectivity index (χ3n) is 3.44. The van der Waals surface area contributed by atoms with Gasteiger partial charge in [-0.25, -0.2) is 4.98 Å². The maximum Gasteiger partial charge on any atom is 0.308 e. The highest BCUT2D eigenvalue weighted by atomic mass is 16.4. The van der Waals surface area contributed by atoms with E-state index in [9.17, 15) is 9.59 Å². The molecule has 2 rings (SSSR count). The monoisotopic (exact) mass is 277 g/mol. The van der Waals surface area contributed by atoms with E-state index in [0.717, 1.165) is 18.8 Å². The first-order chi connectivity index (χ1) is 9.61. The first-order valence-corrected chi connectivity index (χ1v) is 6.83. The van der Waals surface area contributed by atoms with Crippen LogP contribution in [0.5, 0.6) is 0 Å². The second kappa shape index (κ2) is 6.36. The van der Waals surface area contributed by atoms with Crippen molar-refractivity contribution in [3.05, 3.63) is 23.9 Å². The first-order valence-electron chi connectivity index (χ1n) is 6.83. The van der Waals surface area contributed by atoms with Gasteiger partial charge in [-0.15, -0.1) is 0 Å². The number of piperidine rings is 1. The average Bonchev–Trinajstić information content (AvgIpc) is 2.48. The van der Waals surface area contributed by atoms with Crippen molar-refractivity contribution in [2.45, 2.75) is 19.8 Å². The number of nitrogens with zero attached hydrogens (tertiary/aromatic N) is 2. The molecule has 1 unspecified atom stereocenters. The molecule has 1 aliphatic rings. The molecule has 1 fully saturated rings. The summed E-state index contributed by atoms with van der Waals surface area (Å²) in [5.41, 5.74) is 0.516. The quantitative estimate of drug-likeness (QED) is 0.862. The topological polar surface area (TPSA) is 82.5 Å². The Morgan fingerprint density at radius 2 is 2.30 bits per heavy atom. The number of hydrogen-bond acceptors (Lipinski definition) is 4. The molecule has 2 N–H and O–H groups in total. The standard InChI is InChI=1S/C14H19N3O3/c1-2-15-13(18)10-5-6-12(16-8-10)17-7-3-4-11(9-17)14(19)20/h5-6,8,11H,2-4,7,9H2,1H3,(H,15,18)(H,19,20). The minimum atomic E-state index is -0.756. The van der Waals surface area contributed by atoms with E-state index in [0.29, 0.717) is 25.1 Å². The molecule has 1 atom stereocenters. The van der Waals surface area contributed by atoms with E-state index in [4.69, 9.17) is 5.11 Å². The number of amides is 1. The summed E-state index contributed by atoms with van der Waals surface area (Å²) in [5, 5.41) is 11.8. The van der Waals surface area contributed by atoms with E-state index >= 15 is 0 Å². The summed E-state index contributed by atoms with van der Waals surface area (Å²) in [4.78, 5) is 28.9. The molecule has 6 nitrogen and oxygen atoms in total. The second-order valence-corrected chi connectivity index (χ2v) is 4.89. The summed E-state index contributed by atoms with van der Waals surface area (Å²) in [5.74, 6) is -0.514. The molecule has 0 aromatic carbocycles. The highest BCUT2D eigenvalue weighted by Crippen LogP contribution is 2.21. The lowest BCUT2D eigenvalue weighted by atomic mass is 9.98. The number of carboxylic acid groups (broad SMARTS) is 1. The van der Waals surface area contributed by atoms with Crippen molar-refractivity contribution in [1.82, 2.24) is 10.3 Å². The Bertz CT molecular complexity index is 487. The Hall–Kier alpha value is -2.11. The highest BCUT2D eigenvalue weighted by Gasteiger charge is 2.26. The fourth-order valence-corrected chi connectivity index (χ4v) is 2.36. The van der Waals surface area contributed by atoms with Crippen molar-refractivity contribution < 1.29 is 14.7 Å². The van der Waals surface area contributed by atoms with Gasteiger partial charge in [0.05, 0.1) is 11.5 Å². The fourth-order valence-electron chi connectivity index (χ4n) is 2.36. The number of anilines is 1. The van der Waals surface area contributed by atoms with Gasteiger partial charge < -0.3 is 15.3 Å². The Balaban J connectivity index is 2.06. The molecular weight excluding hydrogens is 258 g/mol. The van der Waals surface area contributed by atoms with Crippen molar-refractivity contribution in [3.63, 3.8) is 0 Å². The van der Waals surface area contributed by atoms with Crippen LogP contribution >= 0.6 is 0 Å². The van der Waals surface area contributed by atoms with Crippen molar-refractivity contribution in [2.24, 2.45) is 5.92 Å². The third kappa shape index (κ3) is 3.26. The van der Waals surface area contributed by atoms with E-state index in [1.807, 2.05) is 11.8 Å². The van der Waals surface area contributed by atoms with Crippen molar-refractivity contribution in [1.29, 1.82) is 0 Å². The Kier molecular flexibility index (Phi) is 4.55. The Labute approximate surface area is 117 Å². The van der Waals surface area contributed by atoms with Crippen LogP contribution in [-0.4, -0.2) is 41.6 Å². The van der Waals surface area contributed by atoms with Gasteiger partial charge in [0.25, 0.3) is 5.91 Å². The molecule has 2 heterocycles. The van der Waals surface area contributed by atoms with Crippen LogP contribution in [-0.2, 0) is 4.79 Å². The highest BCUT2D eigenvalue weighted by molar-refractivity contribution is 5.94. The molecule has 0 radical (unpaired) electrons. The van der Waals surface area contributed by atoms with Crippen LogP contribution < -0.4 is 10.2 Å². The van der Waals surface area contributed by atoms with E-state index in [1.165, 1.54) is 6.20 Å². The molecule has 0 saturated carbocycles. The average molecular weight is 277 g/mol. The molecular formula is C14H19N3O3. The molecule has 20 heavy (non-hydrogen) atoms. The van der Waals surface area contributed by atoms with E-state index in [-0.39, 0.29) is 11.8 Å². The molecule has 0 bridgehead atoms. The minimum Gasteiger partial charge on any atom is -0.481 e. The normalized spacial score (nSPS) is 18.6. The maximum absolute atomic E-state index is 11.6. The minimum absolute atomic E-state index is 0.145. The van der Waals surface area contributed by atoms with Crippen molar-refractivity contribution >= 4 is 17.7 Å². The van der Waals surface area contributed by atoms with Crippen LogP contribution in [0.15, 0.2) is 18.3 Å². The smallest absolute Gasteiger partial charge is 0.308 e. The summed E-state index contributed by atoms with van der Waals surface area (Å²) in [6.07, 6.45) is 3.09. The molecule has 1 amide bonds. The van der Waals surface area contributed by atoms with Gasteiger partial charge in [0.1, 0.15) is 5.82 Å². The fraction of sp³-hybridized carbons (Fsp3) is 0.500. The van der Waals surface area contributed by atoms with Crippen LogP contribution in [0.25, 0.3) is 0 Å². The predicted molar refractivity (Wildman–Crippen MR) is 74.8 cm³/mol. The van der Waals surface area contributed by atoms with Gasteiger partial charge in [0.15, 0.2) is 0 Å². The van der Waals surface area contributed by atoms with Crippen molar-refractivity contribution in [2.75, 3.05) is 24.5 Å². The summed E-state index contributed by atoms with van der Waals surface area (Å²) in [6.45, 7) is 3.71. The van der Waals surface area contributed by atoms with Gasteiger partial charge in [0, 0.05) is 25.8 Å². The van der Waals surface area contributed by atoms with Crippen molar-refractivity contribution in [3.8, 4) is 0 Å². The van der Waals surface area contributed by atoms with Gasteiger partial charge in [-0.3, -0.25) is 9.59 Å².